The van der Waals surface area contributed by atoms with Crippen molar-refractivity contribution in [2.75, 3.05) is 42.8 Å². The number of halogens is 3. The summed E-state index contributed by atoms with van der Waals surface area (Å²) in [6, 6.07) is 10.2. The molecule has 1 fully saturated rings. The number of hydrogen-bond acceptors (Lipinski definition) is 9. The van der Waals surface area contributed by atoms with E-state index in [0.29, 0.717) is 42.5 Å². The van der Waals surface area contributed by atoms with Crippen LogP contribution in [0.1, 0.15) is 13.3 Å². The molecule has 2 aromatic carbocycles. The van der Waals surface area contributed by atoms with Gasteiger partial charge >= 0.3 is 12.2 Å². The first kappa shape index (κ1) is 30.1. The van der Waals surface area contributed by atoms with Crippen LogP contribution in [0.4, 0.5) is 29.6 Å². The summed E-state index contributed by atoms with van der Waals surface area (Å²) in [7, 11) is -3.59. The van der Waals surface area contributed by atoms with E-state index in [0.717, 1.165) is 6.26 Å². The van der Waals surface area contributed by atoms with Crippen LogP contribution in [0, 0.1) is 0 Å². The number of nitrogens with two attached hydrogens (primary N) is 1. The molecule has 2 atom stereocenters. The Bertz CT molecular complexity index is 1490. The van der Waals surface area contributed by atoms with Crippen LogP contribution in [-0.4, -0.2) is 80.2 Å². The molecule has 2 amide bonds. The van der Waals surface area contributed by atoms with Gasteiger partial charge < -0.3 is 26.0 Å². The van der Waals surface area contributed by atoms with E-state index >= 15 is 0 Å². The number of amides is 2. The number of alkyl halides is 3. The normalized spacial score (nSPS) is 16.7. The molecule has 0 radical (unpaired) electrons. The first-order valence-electron chi connectivity index (χ1n) is 12.7. The van der Waals surface area contributed by atoms with E-state index in [1.807, 2.05) is 11.8 Å². The van der Waals surface area contributed by atoms with E-state index in [4.69, 9.17) is 10.5 Å². The lowest BCUT2D eigenvalue weighted by Gasteiger charge is -2.33. The second kappa shape index (κ2) is 12.4. The van der Waals surface area contributed by atoms with Gasteiger partial charge in [0.25, 0.3) is 0 Å². The standard InChI is InChI=1S/C26H30F3N7O4S/c1-16-15-40-14-13-36(16)24-34-22(33-23(35-24)19-5-3-4-6-20(19)41(2,38)39)17-7-9-18(10-8-17)32-25(37)31-12-11-21(30)26(27,28)29/h3-10,16,21H,11-15,30H2,1-2H3,(H2,31,32,37). The second-order valence-electron chi connectivity index (χ2n) is 9.56. The molecular weight excluding hydrogens is 563 g/mol. The van der Waals surface area contributed by atoms with Gasteiger partial charge in [-0.15, -0.1) is 0 Å². The molecule has 4 rings (SSSR count). The van der Waals surface area contributed by atoms with E-state index in [2.05, 4.69) is 25.6 Å². The quantitative estimate of drug-likeness (QED) is 0.357. The van der Waals surface area contributed by atoms with Gasteiger partial charge in [-0.1, -0.05) is 12.1 Å². The maximum absolute atomic E-state index is 12.5. The summed E-state index contributed by atoms with van der Waals surface area (Å²) >= 11 is 0. The number of rotatable bonds is 8. The minimum absolute atomic E-state index is 0.0345. The number of carbonyl (C=O) groups excluding carboxylic acids is 1. The van der Waals surface area contributed by atoms with Crippen LogP contribution in [-0.2, 0) is 14.6 Å². The van der Waals surface area contributed by atoms with Crippen molar-refractivity contribution >= 4 is 27.5 Å². The van der Waals surface area contributed by atoms with E-state index in [1.54, 1.807) is 42.5 Å². The van der Waals surface area contributed by atoms with Crippen molar-refractivity contribution in [2.45, 2.75) is 36.5 Å². The number of carbonyl (C=O) groups is 1. The van der Waals surface area contributed by atoms with Gasteiger partial charge in [0.05, 0.1) is 24.2 Å². The molecule has 2 heterocycles. The van der Waals surface area contributed by atoms with E-state index < -0.39 is 34.5 Å². The van der Waals surface area contributed by atoms with Gasteiger partial charge in [0.2, 0.25) is 5.95 Å². The maximum Gasteiger partial charge on any atom is 0.403 e. The van der Waals surface area contributed by atoms with Crippen molar-refractivity contribution in [1.82, 2.24) is 20.3 Å². The second-order valence-corrected chi connectivity index (χ2v) is 11.5. The molecule has 11 nitrogen and oxygen atoms in total. The highest BCUT2D eigenvalue weighted by molar-refractivity contribution is 7.90. The number of nitrogens with zero attached hydrogens (tertiary/aromatic N) is 4. The number of anilines is 2. The predicted molar refractivity (Wildman–Crippen MR) is 147 cm³/mol. The lowest BCUT2D eigenvalue weighted by atomic mass is 10.1. The van der Waals surface area contributed by atoms with Gasteiger partial charge in [0, 0.05) is 36.2 Å². The van der Waals surface area contributed by atoms with Crippen molar-refractivity contribution in [1.29, 1.82) is 0 Å². The monoisotopic (exact) mass is 593 g/mol. The van der Waals surface area contributed by atoms with Crippen molar-refractivity contribution in [2.24, 2.45) is 5.73 Å². The third kappa shape index (κ3) is 7.68. The van der Waals surface area contributed by atoms with Crippen LogP contribution in [0.25, 0.3) is 22.8 Å². The summed E-state index contributed by atoms with van der Waals surface area (Å²) in [6.45, 7) is 3.20. The first-order chi connectivity index (χ1) is 19.3. The molecule has 41 heavy (non-hydrogen) atoms. The van der Waals surface area contributed by atoms with E-state index in [-0.39, 0.29) is 29.1 Å². The predicted octanol–water partition coefficient (Wildman–Crippen LogP) is 3.24. The first-order valence-corrected chi connectivity index (χ1v) is 14.6. The topological polar surface area (TPSA) is 152 Å². The smallest absolute Gasteiger partial charge is 0.377 e. The van der Waals surface area contributed by atoms with Gasteiger partial charge in [0.1, 0.15) is 6.04 Å². The zero-order valence-electron chi connectivity index (χ0n) is 22.4. The Morgan fingerprint density at radius 1 is 1.12 bits per heavy atom. The van der Waals surface area contributed by atoms with E-state index in [1.165, 1.54) is 6.07 Å². The van der Waals surface area contributed by atoms with Crippen molar-refractivity contribution < 1.29 is 31.1 Å². The molecule has 4 N–H and O–H groups in total. The van der Waals surface area contributed by atoms with Crippen LogP contribution in [0.3, 0.4) is 0 Å². The molecule has 1 aromatic heterocycles. The number of sulfone groups is 1. The Balaban J connectivity index is 1.60. The maximum atomic E-state index is 12.5. The number of aromatic nitrogens is 3. The summed E-state index contributed by atoms with van der Waals surface area (Å²) in [6.07, 6.45) is -3.87. The molecule has 0 bridgehead atoms. The fourth-order valence-corrected chi connectivity index (χ4v) is 5.01. The highest BCUT2D eigenvalue weighted by Gasteiger charge is 2.36. The summed E-state index contributed by atoms with van der Waals surface area (Å²) < 4.78 is 68.1. The number of ether oxygens (including phenoxy) is 1. The van der Waals surface area contributed by atoms with Crippen LogP contribution in [0.2, 0.25) is 0 Å². The number of benzene rings is 2. The molecule has 1 aliphatic heterocycles. The van der Waals surface area contributed by atoms with Crippen molar-refractivity contribution in [3.8, 4) is 22.8 Å². The van der Waals surface area contributed by atoms with Gasteiger partial charge in [-0.2, -0.15) is 23.1 Å². The Morgan fingerprint density at radius 2 is 1.80 bits per heavy atom. The van der Waals surface area contributed by atoms with Crippen LogP contribution in [0.15, 0.2) is 53.4 Å². The van der Waals surface area contributed by atoms with Gasteiger partial charge in [-0.05, 0) is 49.7 Å². The van der Waals surface area contributed by atoms with Crippen molar-refractivity contribution in [3.63, 3.8) is 0 Å². The Morgan fingerprint density at radius 3 is 2.46 bits per heavy atom. The third-order valence-electron chi connectivity index (χ3n) is 6.34. The Kier molecular flexibility index (Phi) is 9.09. The molecular formula is C26H30F3N7O4S. The molecule has 1 aliphatic rings. The fourth-order valence-electron chi connectivity index (χ4n) is 4.12. The minimum Gasteiger partial charge on any atom is -0.377 e. The molecule has 1 saturated heterocycles. The molecule has 0 aliphatic carbocycles. The van der Waals surface area contributed by atoms with E-state index in [9.17, 15) is 26.4 Å². The van der Waals surface area contributed by atoms with Gasteiger partial charge in [0.15, 0.2) is 21.5 Å². The highest BCUT2D eigenvalue weighted by atomic mass is 32.2. The summed E-state index contributed by atoms with van der Waals surface area (Å²) in [5.41, 5.74) is 6.33. The Hall–Kier alpha value is -3.82. The molecule has 2 unspecified atom stereocenters. The highest BCUT2D eigenvalue weighted by Crippen LogP contribution is 2.29. The van der Waals surface area contributed by atoms with Crippen LogP contribution < -0.4 is 21.3 Å². The summed E-state index contributed by atoms with van der Waals surface area (Å²) in [5.74, 6) is 0.829. The van der Waals surface area contributed by atoms with Crippen LogP contribution >= 0.6 is 0 Å². The third-order valence-corrected chi connectivity index (χ3v) is 7.49. The molecule has 0 saturated carbocycles. The average molecular weight is 594 g/mol. The van der Waals surface area contributed by atoms with Gasteiger partial charge in [-0.25, -0.2) is 18.2 Å². The zero-order chi connectivity index (χ0) is 29.8. The lowest BCUT2D eigenvalue weighted by molar-refractivity contribution is -0.148. The molecule has 0 spiro atoms. The fraction of sp³-hybridized carbons (Fsp3) is 0.385. The number of urea groups is 1. The average Bonchev–Trinajstić information content (AvgIpc) is 2.92. The Labute approximate surface area is 235 Å². The summed E-state index contributed by atoms with van der Waals surface area (Å²) in [5, 5.41) is 4.89. The number of nitrogens with one attached hydrogen (secondary N) is 2. The van der Waals surface area contributed by atoms with Gasteiger partial charge in [-0.3, -0.25) is 0 Å². The zero-order valence-corrected chi connectivity index (χ0v) is 23.2. The molecule has 220 valence electrons. The SMILES string of the molecule is CC1COCCN1c1nc(-c2ccc(NC(=O)NCCC(N)C(F)(F)F)cc2)nc(-c2ccccc2S(C)(=O)=O)n1. The van der Waals surface area contributed by atoms with Crippen LogP contribution in [0.5, 0.6) is 0 Å². The largest absolute Gasteiger partial charge is 0.403 e. The minimum atomic E-state index is -4.53. The lowest BCUT2D eigenvalue weighted by Crippen LogP contribution is -2.44. The molecule has 3 aromatic rings. The number of morpholine rings is 1. The van der Waals surface area contributed by atoms with Crippen molar-refractivity contribution in [3.05, 3.63) is 48.5 Å². The number of hydrogen-bond donors (Lipinski definition) is 3. The molecule has 15 heteroatoms. The summed E-state index contributed by atoms with van der Waals surface area (Å²) in [4.78, 5) is 28.0.